The normalized spacial score (nSPS) is 17.9. The van der Waals surface area contributed by atoms with Crippen LogP contribution in [0.2, 0.25) is 0 Å². The molecule has 2 aromatic carbocycles. The number of benzene rings is 2. The van der Waals surface area contributed by atoms with Gasteiger partial charge in [-0.3, -0.25) is 0 Å². The molecule has 0 aliphatic carbocycles. The second kappa shape index (κ2) is 4.77. The van der Waals surface area contributed by atoms with Gasteiger partial charge in [-0.1, -0.05) is 46.3 Å². The van der Waals surface area contributed by atoms with Crippen molar-refractivity contribution in [3.05, 3.63) is 64.1 Å². The van der Waals surface area contributed by atoms with E-state index < -0.39 is 0 Å². The Kier molecular flexibility index (Phi) is 3.13. The molecule has 0 fully saturated rings. The predicted molar refractivity (Wildman–Crippen MR) is 79.9 cm³/mol. The van der Waals surface area contributed by atoms with Crippen molar-refractivity contribution < 1.29 is 0 Å². The lowest BCUT2D eigenvalue weighted by Crippen LogP contribution is -2.28. The molecular weight excluding hydrogens is 286 g/mol. The van der Waals surface area contributed by atoms with E-state index in [1.54, 1.807) is 0 Å². The molecular formula is C16H16BrN. The maximum absolute atomic E-state index is 3.55. The second-order valence-corrected chi connectivity index (χ2v) is 5.86. The maximum Gasteiger partial charge on any atom is 0.0432 e. The van der Waals surface area contributed by atoms with Crippen molar-refractivity contribution in [3.63, 3.8) is 0 Å². The van der Waals surface area contributed by atoms with Crippen LogP contribution in [-0.4, -0.2) is 6.04 Å². The molecule has 3 rings (SSSR count). The van der Waals surface area contributed by atoms with Crippen molar-refractivity contribution in [1.82, 2.24) is 0 Å². The van der Waals surface area contributed by atoms with Gasteiger partial charge in [-0.05, 0) is 42.7 Å². The number of fused-ring (bicyclic) bond motifs is 1. The highest BCUT2D eigenvalue weighted by molar-refractivity contribution is 9.10. The fraction of sp³-hybridized carbons (Fsp3) is 0.250. The van der Waals surface area contributed by atoms with Crippen molar-refractivity contribution in [2.24, 2.45) is 0 Å². The molecule has 18 heavy (non-hydrogen) atoms. The highest BCUT2D eigenvalue weighted by Gasteiger charge is 2.25. The van der Waals surface area contributed by atoms with Crippen molar-refractivity contribution in [2.75, 3.05) is 4.90 Å². The highest BCUT2D eigenvalue weighted by atomic mass is 79.9. The van der Waals surface area contributed by atoms with Crippen LogP contribution in [0.25, 0.3) is 0 Å². The van der Waals surface area contributed by atoms with Gasteiger partial charge in [-0.2, -0.15) is 0 Å². The third-order valence-corrected chi connectivity index (χ3v) is 4.09. The molecule has 92 valence electrons. The zero-order valence-corrected chi connectivity index (χ0v) is 12.0. The summed E-state index contributed by atoms with van der Waals surface area (Å²) in [7, 11) is 0. The Hall–Kier alpha value is -1.28. The minimum absolute atomic E-state index is 0.578. The average Bonchev–Trinajstić information content (AvgIpc) is 2.66. The Balaban J connectivity index is 1.90. The van der Waals surface area contributed by atoms with Crippen molar-refractivity contribution >= 4 is 21.6 Å². The number of rotatable bonds is 2. The van der Waals surface area contributed by atoms with Gasteiger partial charge in [0.25, 0.3) is 0 Å². The first-order valence-corrected chi connectivity index (χ1v) is 7.12. The topological polar surface area (TPSA) is 3.24 Å². The molecule has 1 aliphatic rings. The minimum Gasteiger partial charge on any atom is -0.364 e. The Labute approximate surface area is 117 Å². The van der Waals surface area contributed by atoms with E-state index in [0.717, 1.165) is 13.0 Å². The van der Waals surface area contributed by atoms with Gasteiger partial charge in [-0.25, -0.2) is 0 Å². The lowest BCUT2D eigenvalue weighted by Gasteiger charge is -2.25. The lowest BCUT2D eigenvalue weighted by molar-refractivity contribution is 0.672. The largest absolute Gasteiger partial charge is 0.364 e. The predicted octanol–water partition coefficient (Wildman–Crippen LogP) is 4.40. The summed E-state index contributed by atoms with van der Waals surface area (Å²) in [5.41, 5.74) is 4.21. The number of anilines is 1. The first-order valence-electron chi connectivity index (χ1n) is 6.33. The van der Waals surface area contributed by atoms with E-state index in [4.69, 9.17) is 0 Å². The van der Waals surface area contributed by atoms with Crippen LogP contribution in [0.1, 0.15) is 18.1 Å². The molecule has 1 unspecified atom stereocenters. The smallest absolute Gasteiger partial charge is 0.0432 e. The van der Waals surface area contributed by atoms with Crippen LogP contribution in [0.3, 0.4) is 0 Å². The zero-order valence-electron chi connectivity index (χ0n) is 10.4. The minimum atomic E-state index is 0.578. The van der Waals surface area contributed by atoms with Crippen LogP contribution in [-0.2, 0) is 13.0 Å². The molecule has 2 heteroatoms. The van der Waals surface area contributed by atoms with Gasteiger partial charge >= 0.3 is 0 Å². The number of hydrogen-bond donors (Lipinski definition) is 0. The molecule has 0 saturated heterocycles. The molecule has 1 nitrogen and oxygen atoms in total. The van der Waals surface area contributed by atoms with Crippen molar-refractivity contribution in [2.45, 2.75) is 25.9 Å². The van der Waals surface area contributed by atoms with Crippen LogP contribution in [0.5, 0.6) is 0 Å². The molecule has 0 amide bonds. The van der Waals surface area contributed by atoms with Gasteiger partial charge in [0.1, 0.15) is 0 Å². The molecule has 1 atom stereocenters. The number of hydrogen-bond acceptors (Lipinski definition) is 1. The summed E-state index contributed by atoms with van der Waals surface area (Å²) in [6, 6.07) is 17.9. The van der Waals surface area contributed by atoms with Crippen LogP contribution < -0.4 is 4.90 Å². The van der Waals surface area contributed by atoms with Crippen molar-refractivity contribution in [1.29, 1.82) is 0 Å². The highest BCUT2D eigenvalue weighted by Crippen LogP contribution is 2.35. The fourth-order valence-corrected chi connectivity index (χ4v) is 3.09. The van der Waals surface area contributed by atoms with Crippen LogP contribution in [0.15, 0.2) is 53.0 Å². The molecule has 1 heterocycles. The van der Waals surface area contributed by atoms with E-state index >= 15 is 0 Å². The van der Waals surface area contributed by atoms with E-state index in [0.29, 0.717) is 6.04 Å². The zero-order chi connectivity index (χ0) is 12.5. The summed E-state index contributed by atoms with van der Waals surface area (Å²) in [5, 5.41) is 0. The lowest BCUT2D eigenvalue weighted by atomic mass is 10.1. The molecule has 0 spiro atoms. The summed E-state index contributed by atoms with van der Waals surface area (Å²) in [6.45, 7) is 3.30. The Morgan fingerprint density at radius 2 is 1.94 bits per heavy atom. The molecule has 1 aliphatic heterocycles. The number of nitrogens with zero attached hydrogens (tertiary/aromatic N) is 1. The van der Waals surface area contributed by atoms with Crippen LogP contribution in [0, 0.1) is 0 Å². The van der Waals surface area contributed by atoms with Crippen LogP contribution in [0.4, 0.5) is 5.69 Å². The summed E-state index contributed by atoms with van der Waals surface area (Å²) in [6.07, 6.45) is 1.14. The average molecular weight is 302 g/mol. The second-order valence-electron chi connectivity index (χ2n) is 4.94. The van der Waals surface area contributed by atoms with E-state index in [1.165, 1.54) is 21.3 Å². The van der Waals surface area contributed by atoms with E-state index in [2.05, 4.69) is 76.3 Å². The van der Waals surface area contributed by atoms with Gasteiger partial charge < -0.3 is 4.90 Å². The molecule has 0 bridgehead atoms. The first kappa shape index (κ1) is 11.8. The monoisotopic (exact) mass is 301 g/mol. The van der Waals surface area contributed by atoms with E-state index in [-0.39, 0.29) is 0 Å². The molecule has 2 aromatic rings. The van der Waals surface area contributed by atoms with Gasteiger partial charge in [0.2, 0.25) is 0 Å². The van der Waals surface area contributed by atoms with Gasteiger partial charge in [0.15, 0.2) is 0 Å². The standard InChI is InChI=1S/C16H16BrN/c1-12-9-14-10-15(17)7-8-16(14)18(12)11-13-5-3-2-4-6-13/h2-8,10,12H,9,11H2,1H3. The maximum atomic E-state index is 3.55. The van der Waals surface area contributed by atoms with E-state index in [9.17, 15) is 0 Å². The Morgan fingerprint density at radius 1 is 1.17 bits per heavy atom. The summed E-state index contributed by atoms with van der Waals surface area (Å²) >= 11 is 3.55. The molecule has 0 saturated carbocycles. The van der Waals surface area contributed by atoms with Gasteiger partial charge in [0, 0.05) is 22.7 Å². The molecule has 0 aromatic heterocycles. The SMILES string of the molecule is CC1Cc2cc(Br)ccc2N1Cc1ccccc1. The third-order valence-electron chi connectivity index (χ3n) is 3.59. The molecule has 0 N–H and O–H groups in total. The van der Waals surface area contributed by atoms with Gasteiger partial charge in [0.05, 0.1) is 0 Å². The quantitative estimate of drug-likeness (QED) is 0.794. The van der Waals surface area contributed by atoms with Gasteiger partial charge in [-0.15, -0.1) is 0 Å². The first-order chi connectivity index (χ1) is 8.74. The summed E-state index contributed by atoms with van der Waals surface area (Å²) in [5.74, 6) is 0. The molecule has 0 radical (unpaired) electrons. The third kappa shape index (κ3) is 2.17. The Bertz CT molecular complexity index is 550. The van der Waals surface area contributed by atoms with Crippen molar-refractivity contribution in [3.8, 4) is 0 Å². The van der Waals surface area contributed by atoms with E-state index in [1.807, 2.05) is 0 Å². The summed E-state index contributed by atoms with van der Waals surface area (Å²) in [4.78, 5) is 2.50. The van der Waals surface area contributed by atoms with Crippen LogP contribution >= 0.6 is 15.9 Å². The number of halogens is 1. The fourth-order valence-electron chi connectivity index (χ4n) is 2.68. The summed E-state index contributed by atoms with van der Waals surface area (Å²) < 4.78 is 1.18. The Morgan fingerprint density at radius 3 is 2.72 bits per heavy atom.